The van der Waals surface area contributed by atoms with E-state index in [-0.39, 0.29) is 0 Å². The zero-order chi connectivity index (χ0) is 21.6. The van der Waals surface area contributed by atoms with Gasteiger partial charge in [-0.25, -0.2) is 5.10 Å². The summed E-state index contributed by atoms with van der Waals surface area (Å²) in [6, 6.07) is 25.9. The van der Waals surface area contributed by atoms with Gasteiger partial charge in [0.1, 0.15) is 12.4 Å². The first kappa shape index (κ1) is 20.6. The van der Waals surface area contributed by atoms with Crippen LogP contribution < -0.4 is 9.64 Å². The highest BCUT2D eigenvalue weighted by Crippen LogP contribution is 2.21. The average molecular weight is 430 g/mol. The minimum absolute atomic E-state index is 0.430. The van der Waals surface area contributed by atoms with Crippen LogP contribution in [-0.4, -0.2) is 35.2 Å². The third kappa shape index (κ3) is 5.07. The van der Waals surface area contributed by atoms with Crippen LogP contribution in [0.5, 0.6) is 5.75 Å². The van der Waals surface area contributed by atoms with Gasteiger partial charge in [0, 0.05) is 25.3 Å². The third-order valence-electron chi connectivity index (χ3n) is 4.72. The Morgan fingerprint density at radius 3 is 2.55 bits per heavy atom. The summed E-state index contributed by atoms with van der Waals surface area (Å²) < 4.78 is 7.96. The number of rotatable bonds is 7. The number of nitrogens with one attached hydrogen (secondary N) is 1. The van der Waals surface area contributed by atoms with Crippen LogP contribution in [0.25, 0.3) is 11.4 Å². The summed E-state index contributed by atoms with van der Waals surface area (Å²) in [5.41, 5.74) is 4.06. The Kier molecular flexibility index (Phi) is 6.24. The van der Waals surface area contributed by atoms with Crippen molar-refractivity contribution >= 4 is 24.1 Å². The molecule has 0 amide bonds. The molecule has 1 N–H and O–H groups in total. The lowest BCUT2D eigenvalue weighted by molar-refractivity contribution is 0.306. The highest BCUT2D eigenvalue weighted by Gasteiger charge is 2.08. The van der Waals surface area contributed by atoms with Crippen LogP contribution >= 0.6 is 12.2 Å². The summed E-state index contributed by atoms with van der Waals surface area (Å²) in [5, 5.41) is 11.7. The molecular formula is C24H23N5OS. The number of H-pyrrole nitrogens is 1. The first-order valence-electron chi connectivity index (χ1n) is 9.86. The maximum absolute atomic E-state index is 5.91. The fraction of sp³-hybridized carbons (Fsp3) is 0.125. The molecule has 31 heavy (non-hydrogen) atoms. The van der Waals surface area contributed by atoms with Gasteiger partial charge in [-0.15, -0.1) is 0 Å². The van der Waals surface area contributed by atoms with Gasteiger partial charge in [-0.05, 0) is 59.7 Å². The van der Waals surface area contributed by atoms with Crippen LogP contribution in [0.3, 0.4) is 0 Å². The smallest absolute Gasteiger partial charge is 0.216 e. The van der Waals surface area contributed by atoms with Gasteiger partial charge in [-0.1, -0.05) is 42.5 Å². The largest absolute Gasteiger partial charge is 0.489 e. The van der Waals surface area contributed by atoms with Crippen LogP contribution in [0.1, 0.15) is 11.1 Å². The van der Waals surface area contributed by atoms with Crippen molar-refractivity contribution in [1.82, 2.24) is 14.9 Å². The molecule has 0 spiro atoms. The molecule has 4 rings (SSSR count). The van der Waals surface area contributed by atoms with Gasteiger partial charge in [0.2, 0.25) is 4.77 Å². The van der Waals surface area contributed by atoms with Gasteiger partial charge in [0.25, 0.3) is 0 Å². The summed E-state index contributed by atoms with van der Waals surface area (Å²) >= 11 is 5.38. The number of aromatic amines is 1. The normalized spacial score (nSPS) is 11.0. The summed E-state index contributed by atoms with van der Waals surface area (Å²) in [4.78, 5) is 2.05. The first-order chi connectivity index (χ1) is 15.1. The van der Waals surface area contributed by atoms with Gasteiger partial charge in [-0.3, -0.25) is 0 Å². The van der Waals surface area contributed by atoms with Crippen molar-refractivity contribution in [3.63, 3.8) is 0 Å². The Hall–Kier alpha value is -3.71. The molecule has 0 fully saturated rings. The van der Waals surface area contributed by atoms with Gasteiger partial charge in [0.15, 0.2) is 5.82 Å². The molecule has 0 unspecified atom stereocenters. The van der Waals surface area contributed by atoms with Crippen molar-refractivity contribution in [1.29, 1.82) is 0 Å². The third-order valence-corrected chi connectivity index (χ3v) is 4.99. The van der Waals surface area contributed by atoms with Crippen LogP contribution in [-0.2, 0) is 6.61 Å². The molecule has 0 aliphatic rings. The number of nitrogens with zero attached hydrogens (tertiary/aromatic N) is 4. The van der Waals surface area contributed by atoms with Crippen molar-refractivity contribution in [2.75, 3.05) is 19.0 Å². The van der Waals surface area contributed by atoms with Crippen LogP contribution in [0.2, 0.25) is 0 Å². The molecular weight excluding hydrogens is 406 g/mol. The number of hydrogen-bond donors (Lipinski definition) is 1. The topological polar surface area (TPSA) is 58.4 Å². The zero-order valence-corrected chi connectivity index (χ0v) is 18.2. The van der Waals surface area contributed by atoms with Gasteiger partial charge < -0.3 is 9.64 Å². The second-order valence-corrected chi connectivity index (χ2v) is 7.58. The van der Waals surface area contributed by atoms with E-state index < -0.39 is 0 Å². The Labute approximate surface area is 186 Å². The number of benzene rings is 3. The molecule has 1 heterocycles. The van der Waals surface area contributed by atoms with Crippen molar-refractivity contribution in [3.8, 4) is 17.1 Å². The minimum Gasteiger partial charge on any atom is -0.489 e. The summed E-state index contributed by atoms with van der Waals surface area (Å²) in [7, 11) is 4.01. The molecule has 1 aromatic heterocycles. The fourth-order valence-electron chi connectivity index (χ4n) is 3.04. The molecule has 0 aliphatic carbocycles. The molecule has 0 saturated carbocycles. The van der Waals surface area contributed by atoms with Crippen LogP contribution in [0.15, 0.2) is 84.0 Å². The van der Waals surface area contributed by atoms with E-state index in [1.807, 2.05) is 97.9 Å². The second-order valence-electron chi connectivity index (χ2n) is 7.20. The monoisotopic (exact) mass is 429 g/mol. The molecule has 7 heteroatoms. The van der Waals surface area contributed by atoms with E-state index in [1.54, 1.807) is 10.9 Å². The van der Waals surface area contributed by atoms with E-state index >= 15 is 0 Å². The quantitative estimate of drug-likeness (QED) is 0.327. The Balaban J connectivity index is 1.53. The van der Waals surface area contributed by atoms with Crippen molar-refractivity contribution in [2.45, 2.75) is 6.61 Å². The van der Waals surface area contributed by atoms with Gasteiger partial charge >= 0.3 is 0 Å². The highest BCUT2D eigenvalue weighted by molar-refractivity contribution is 7.71. The lowest BCUT2D eigenvalue weighted by Gasteiger charge is -2.12. The molecule has 0 radical (unpaired) electrons. The maximum Gasteiger partial charge on any atom is 0.216 e. The van der Waals surface area contributed by atoms with Gasteiger partial charge in [0.05, 0.1) is 6.21 Å². The maximum atomic E-state index is 5.91. The average Bonchev–Trinajstić information content (AvgIpc) is 3.17. The predicted octanol–water partition coefficient (Wildman–Crippen LogP) is 5.13. The van der Waals surface area contributed by atoms with Crippen LogP contribution in [0.4, 0.5) is 5.69 Å². The number of ether oxygens (including phenoxy) is 1. The van der Waals surface area contributed by atoms with E-state index in [9.17, 15) is 0 Å². The minimum atomic E-state index is 0.430. The lowest BCUT2D eigenvalue weighted by atomic mass is 10.2. The molecule has 4 aromatic rings. The molecule has 0 saturated heterocycles. The molecule has 0 atom stereocenters. The highest BCUT2D eigenvalue weighted by atomic mass is 32.1. The molecule has 156 valence electrons. The fourth-order valence-corrected chi connectivity index (χ4v) is 3.22. The van der Waals surface area contributed by atoms with E-state index in [4.69, 9.17) is 17.0 Å². The Bertz CT molecular complexity index is 1230. The summed E-state index contributed by atoms with van der Waals surface area (Å²) in [6.07, 6.45) is 1.75. The van der Waals surface area contributed by atoms with Crippen LogP contribution in [0, 0.1) is 4.77 Å². The first-order valence-corrected chi connectivity index (χ1v) is 10.3. The number of hydrogen-bond acceptors (Lipinski definition) is 5. The van der Waals surface area contributed by atoms with E-state index in [0.717, 1.165) is 28.1 Å². The zero-order valence-electron chi connectivity index (χ0n) is 17.4. The summed E-state index contributed by atoms with van der Waals surface area (Å²) in [5.74, 6) is 1.44. The molecule has 0 bridgehead atoms. The lowest BCUT2D eigenvalue weighted by Crippen LogP contribution is -2.08. The molecule has 3 aromatic carbocycles. The Morgan fingerprint density at radius 1 is 1.03 bits per heavy atom. The molecule has 6 nitrogen and oxygen atoms in total. The van der Waals surface area contributed by atoms with E-state index in [2.05, 4.69) is 15.3 Å². The van der Waals surface area contributed by atoms with Crippen molar-refractivity contribution in [3.05, 3.63) is 94.8 Å². The molecule has 0 aliphatic heterocycles. The second kappa shape index (κ2) is 9.40. The predicted molar refractivity (Wildman–Crippen MR) is 127 cm³/mol. The van der Waals surface area contributed by atoms with Crippen molar-refractivity contribution in [2.24, 2.45) is 5.10 Å². The number of aromatic nitrogens is 3. The summed E-state index contributed by atoms with van der Waals surface area (Å²) in [6.45, 7) is 0.515. The number of anilines is 1. The SMILES string of the molecule is CN(C)c1ccc(-c2n[nH]c(=S)n2/N=C\c2cccc(OCc3ccccc3)c2)cc1. The Morgan fingerprint density at radius 2 is 1.81 bits per heavy atom. The standard InChI is InChI=1S/C24H23N5OS/c1-28(2)21-13-11-20(12-14-21)23-26-27-24(31)29(23)25-16-19-9-6-10-22(15-19)30-17-18-7-4-3-5-8-18/h3-16H,17H2,1-2H3,(H,27,31)/b25-16-. The van der Waals surface area contributed by atoms with Crippen molar-refractivity contribution < 1.29 is 4.74 Å². The van der Waals surface area contributed by atoms with E-state index in [0.29, 0.717) is 17.2 Å². The van der Waals surface area contributed by atoms with Gasteiger partial charge in [-0.2, -0.15) is 14.9 Å². The van der Waals surface area contributed by atoms with E-state index in [1.165, 1.54) is 0 Å².